The summed E-state index contributed by atoms with van der Waals surface area (Å²) in [6.07, 6.45) is 4.39. The molecule has 0 saturated carbocycles. The Labute approximate surface area is 128 Å². The van der Waals surface area contributed by atoms with Gasteiger partial charge in [0.15, 0.2) is 5.78 Å². The standard InChI is InChI=1S/C19H14N2O/c20-15-5-6-17-13(11-15)10-14(19(17)22)9-12-7-8-21-18-4-2-1-3-16(12)18/h1-9,11H,10,20H2/b14-9+. The van der Waals surface area contributed by atoms with E-state index in [2.05, 4.69) is 4.98 Å². The van der Waals surface area contributed by atoms with Crippen molar-refractivity contribution in [1.82, 2.24) is 4.98 Å². The van der Waals surface area contributed by atoms with Crippen molar-refractivity contribution in [3.05, 3.63) is 77.0 Å². The number of carbonyl (C=O) groups excluding carboxylic acids is 1. The van der Waals surface area contributed by atoms with Gasteiger partial charge in [-0.25, -0.2) is 0 Å². The van der Waals surface area contributed by atoms with Gasteiger partial charge in [0.1, 0.15) is 0 Å². The number of anilines is 1. The predicted octanol–water partition coefficient (Wildman–Crippen LogP) is 3.64. The van der Waals surface area contributed by atoms with Crippen LogP contribution in [0.4, 0.5) is 5.69 Å². The highest BCUT2D eigenvalue weighted by molar-refractivity contribution is 6.16. The maximum Gasteiger partial charge on any atom is 0.189 e. The van der Waals surface area contributed by atoms with Crippen molar-refractivity contribution in [2.24, 2.45) is 0 Å². The topological polar surface area (TPSA) is 56.0 Å². The summed E-state index contributed by atoms with van der Waals surface area (Å²) in [5.74, 6) is 0.0934. The van der Waals surface area contributed by atoms with E-state index in [9.17, 15) is 4.79 Å². The largest absolute Gasteiger partial charge is 0.399 e. The highest BCUT2D eigenvalue weighted by atomic mass is 16.1. The average molecular weight is 286 g/mol. The maximum absolute atomic E-state index is 12.5. The number of fused-ring (bicyclic) bond motifs is 2. The minimum Gasteiger partial charge on any atom is -0.399 e. The molecule has 0 atom stereocenters. The number of ketones is 1. The number of carbonyl (C=O) groups is 1. The van der Waals surface area contributed by atoms with Crippen LogP contribution in [-0.2, 0) is 6.42 Å². The van der Waals surface area contributed by atoms with Gasteiger partial charge in [-0.1, -0.05) is 18.2 Å². The van der Waals surface area contributed by atoms with Crippen LogP contribution in [0.15, 0.2) is 60.3 Å². The lowest BCUT2D eigenvalue weighted by Crippen LogP contribution is -1.96. The number of benzene rings is 2. The Balaban J connectivity index is 1.82. The average Bonchev–Trinajstić information content (AvgIpc) is 2.83. The zero-order valence-electron chi connectivity index (χ0n) is 11.9. The van der Waals surface area contributed by atoms with E-state index in [-0.39, 0.29) is 5.78 Å². The van der Waals surface area contributed by atoms with Crippen molar-refractivity contribution in [2.45, 2.75) is 6.42 Å². The maximum atomic E-state index is 12.5. The van der Waals surface area contributed by atoms with Gasteiger partial charge in [0, 0.05) is 34.8 Å². The van der Waals surface area contributed by atoms with Gasteiger partial charge in [-0.05, 0) is 47.5 Å². The highest BCUT2D eigenvalue weighted by Crippen LogP contribution is 2.30. The van der Waals surface area contributed by atoms with Crippen molar-refractivity contribution in [1.29, 1.82) is 0 Å². The molecule has 3 heteroatoms. The Bertz CT molecular complexity index is 936. The van der Waals surface area contributed by atoms with Crippen LogP contribution in [0.25, 0.3) is 17.0 Å². The molecule has 1 heterocycles. The number of allylic oxidation sites excluding steroid dienone is 1. The Kier molecular flexibility index (Phi) is 2.79. The predicted molar refractivity (Wildman–Crippen MR) is 88.6 cm³/mol. The molecule has 2 aromatic carbocycles. The van der Waals surface area contributed by atoms with Crippen LogP contribution in [0.2, 0.25) is 0 Å². The van der Waals surface area contributed by atoms with Gasteiger partial charge in [-0.3, -0.25) is 9.78 Å². The Morgan fingerprint density at radius 2 is 1.95 bits per heavy atom. The molecule has 0 radical (unpaired) electrons. The van der Waals surface area contributed by atoms with E-state index in [1.807, 2.05) is 48.5 Å². The van der Waals surface area contributed by atoms with Crippen molar-refractivity contribution < 1.29 is 4.79 Å². The number of rotatable bonds is 1. The molecule has 0 amide bonds. The van der Waals surface area contributed by atoms with Gasteiger partial charge in [-0.2, -0.15) is 0 Å². The number of nitrogens with two attached hydrogens (primary N) is 1. The molecule has 3 nitrogen and oxygen atoms in total. The molecule has 22 heavy (non-hydrogen) atoms. The van der Waals surface area contributed by atoms with Crippen LogP contribution < -0.4 is 5.73 Å². The van der Waals surface area contributed by atoms with Crippen LogP contribution in [0.1, 0.15) is 21.5 Å². The molecule has 0 aliphatic heterocycles. The number of para-hydroxylation sites is 1. The number of nitrogen functional groups attached to an aromatic ring is 1. The number of pyridine rings is 1. The monoisotopic (exact) mass is 286 g/mol. The van der Waals surface area contributed by atoms with Crippen LogP contribution >= 0.6 is 0 Å². The minimum atomic E-state index is 0.0934. The molecule has 0 saturated heterocycles. The first kappa shape index (κ1) is 12.8. The number of aromatic nitrogens is 1. The fourth-order valence-corrected chi connectivity index (χ4v) is 2.99. The quantitative estimate of drug-likeness (QED) is 0.549. The smallest absolute Gasteiger partial charge is 0.189 e. The molecular weight excluding hydrogens is 272 g/mol. The summed E-state index contributed by atoms with van der Waals surface area (Å²) >= 11 is 0. The summed E-state index contributed by atoms with van der Waals surface area (Å²) in [5.41, 5.74) is 11.0. The molecule has 106 valence electrons. The highest BCUT2D eigenvalue weighted by Gasteiger charge is 2.24. The van der Waals surface area contributed by atoms with Gasteiger partial charge in [-0.15, -0.1) is 0 Å². The molecule has 0 unspecified atom stereocenters. The van der Waals surface area contributed by atoms with Gasteiger partial charge < -0.3 is 5.73 Å². The summed E-state index contributed by atoms with van der Waals surface area (Å²) in [5, 5.41) is 1.06. The SMILES string of the molecule is Nc1ccc2c(c1)C/C(=C\c1ccnc3ccccc13)C2=O. The van der Waals surface area contributed by atoms with Gasteiger partial charge in [0.05, 0.1) is 5.52 Å². The number of hydrogen-bond donors (Lipinski definition) is 1. The van der Waals surface area contributed by atoms with Crippen molar-refractivity contribution in [3.63, 3.8) is 0 Å². The Morgan fingerprint density at radius 3 is 2.86 bits per heavy atom. The fourth-order valence-electron chi connectivity index (χ4n) is 2.99. The third kappa shape index (κ3) is 1.99. The molecule has 1 aliphatic rings. The second kappa shape index (κ2) is 4.81. The number of Topliss-reactive ketones (excluding diaryl/α,β-unsaturated/α-hetero) is 1. The van der Waals surface area contributed by atoms with E-state index in [0.717, 1.165) is 33.2 Å². The lowest BCUT2D eigenvalue weighted by atomic mass is 10.0. The van der Waals surface area contributed by atoms with Crippen LogP contribution in [0.3, 0.4) is 0 Å². The molecule has 3 aromatic rings. The molecule has 1 aromatic heterocycles. The normalized spacial score (nSPS) is 15.5. The Hall–Kier alpha value is -2.94. The van der Waals surface area contributed by atoms with Gasteiger partial charge in [0.2, 0.25) is 0 Å². The summed E-state index contributed by atoms with van der Waals surface area (Å²) in [6.45, 7) is 0. The van der Waals surface area contributed by atoms with Crippen molar-refractivity contribution in [3.8, 4) is 0 Å². The van der Waals surface area contributed by atoms with E-state index < -0.39 is 0 Å². The molecule has 0 fully saturated rings. The second-order valence-corrected chi connectivity index (χ2v) is 5.51. The summed E-state index contributed by atoms with van der Waals surface area (Å²) in [7, 11) is 0. The van der Waals surface area contributed by atoms with Crippen molar-refractivity contribution >= 4 is 28.4 Å². The Morgan fingerprint density at radius 1 is 1.09 bits per heavy atom. The summed E-state index contributed by atoms with van der Waals surface area (Å²) in [6, 6.07) is 15.4. The molecule has 2 N–H and O–H groups in total. The summed E-state index contributed by atoms with van der Waals surface area (Å²) < 4.78 is 0. The van der Waals surface area contributed by atoms with Gasteiger partial charge in [0.25, 0.3) is 0 Å². The first-order valence-corrected chi connectivity index (χ1v) is 7.20. The number of nitrogens with zero attached hydrogens (tertiary/aromatic N) is 1. The lowest BCUT2D eigenvalue weighted by Gasteiger charge is -2.02. The zero-order chi connectivity index (χ0) is 15.1. The van der Waals surface area contributed by atoms with Gasteiger partial charge >= 0.3 is 0 Å². The van der Waals surface area contributed by atoms with E-state index >= 15 is 0 Å². The van der Waals surface area contributed by atoms with Crippen LogP contribution in [0.5, 0.6) is 0 Å². The van der Waals surface area contributed by atoms with E-state index in [0.29, 0.717) is 12.1 Å². The first-order valence-electron chi connectivity index (χ1n) is 7.20. The molecule has 4 rings (SSSR count). The molecular formula is C19H14N2O. The number of hydrogen-bond acceptors (Lipinski definition) is 3. The molecule has 0 bridgehead atoms. The molecule has 0 spiro atoms. The second-order valence-electron chi connectivity index (χ2n) is 5.51. The fraction of sp³-hybridized carbons (Fsp3) is 0.0526. The molecule has 1 aliphatic carbocycles. The summed E-state index contributed by atoms with van der Waals surface area (Å²) in [4.78, 5) is 16.9. The van der Waals surface area contributed by atoms with Crippen LogP contribution in [-0.4, -0.2) is 10.8 Å². The third-order valence-corrected chi connectivity index (χ3v) is 4.06. The zero-order valence-corrected chi connectivity index (χ0v) is 11.9. The van der Waals surface area contributed by atoms with E-state index in [1.165, 1.54) is 0 Å². The van der Waals surface area contributed by atoms with Crippen molar-refractivity contribution in [2.75, 3.05) is 5.73 Å². The minimum absolute atomic E-state index is 0.0934. The van der Waals surface area contributed by atoms with E-state index in [1.54, 1.807) is 12.3 Å². The first-order chi connectivity index (χ1) is 10.7. The van der Waals surface area contributed by atoms with Crippen LogP contribution in [0, 0.1) is 0 Å². The van der Waals surface area contributed by atoms with E-state index in [4.69, 9.17) is 5.73 Å². The lowest BCUT2D eigenvalue weighted by molar-refractivity contribution is 0.104. The third-order valence-electron chi connectivity index (χ3n) is 4.06.